The van der Waals surface area contributed by atoms with E-state index in [4.69, 9.17) is 10.6 Å². The molecule has 1 aromatic rings. The number of nitrogens with two attached hydrogens (primary N) is 1. The third-order valence-electron chi connectivity index (χ3n) is 2.86. The predicted octanol–water partition coefficient (Wildman–Crippen LogP) is -1.30. The van der Waals surface area contributed by atoms with Gasteiger partial charge in [0.2, 0.25) is 5.96 Å². The molecule has 1 aliphatic rings. The van der Waals surface area contributed by atoms with E-state index in [1.165, 1.54) is 4.85 Å². The third-order valence-corrected chi connectivity index (χ3v) is 2.86. The van der Waals surface area contributed by atoms with Crippen LogP contribution in [-0.2, 0) is 6.54 Å². The van der Waals surface area contributed by atoms with E-state index in [2.05, 4.69) is 20.5 Å². The highest BCUT2D eigenvalue weighted by molar-refractivity contribution is 5.78. The molecule has 1 aromatic heterocycles. The molecule has 2 heterocycles. The molecule has 0 unspecified atom stereocenters. The molecule has 0 bridgehead atoms. The Morgan fingerprint density at radius 3 is 2.95 bits per heavy atom. The average molecular weight is 296 g/mol. The zero-order valence-electron chi connectivity index (χ0n) is 12.9. The summed E-state index contributed by atoms with van der Waals surface area (Å²) in [5.41, 5.74) is 10.1. The summed E-state index contributed by atoms with van der Waals surface area (Å²) >= 11 is 0. The summed E-state index contributed by atoms with van der Waals surface area (Å²) in [6.07, 6.45) is 4.55. The first-order valence-corrected chi connectivity index (χ1v) is 6.92. The van der Waals surface area contributed by atoms with Crippen molar-refractivity contribution in [1.82, 2.24) is 30.3 Å². The van der Waals surface area contributed by atoms with Crippen LogP contribution in [0.5, 0.6) is 0 Å². The Kier molecular flexibility index (Phi) is 5.23. The Balaban J connectivity index is 1.60. The van der Waals surface area contributed by atoms with Crippen molar-refractivity contribution in [1.29, 1.82) is 0 Å². The van der Waals surface area contributed by atoms with Gasteiger partial charge in [-0.15, -0.1) is 15.0 Å². The quantitative estimate of drug-likeness (QED) is 0.577. The molecule has 9 nitrogen and oxygen atoms in total. The van der Waals surface area contributed by atoms with Crippen LogP contribution in [0.3, 0.4) is 0 Å². The number of nitrogens with zero attached hydrogens (tertiary/aromatic N) is 6. The third kappa shape index (κ3) is 4.80. The highest BCUT2D eigenvalue weighted by atomic mass is 16.7. The molecule has 1 aliphatic heterocycles. The van der Waals surface area contributed by atoms with E-state index in [0.29, 0.717) is 19.2 Å². The maximum Gasteiger partial charge on any atom is 0.230 e. The first-order valence-electron chi connectivity index (χ1n) is 6.92. The summed E-state index contributed by atoms with van der Waals surface area (Å²) < 4.78 is 0. The monoisotopic (exact) mass is 296 g/mol. The molecule has 0 atom stereocenters. The van der Waals surface area contributed by atoms with Crippen molar-refractivity contribution in [2.24, 2.45) is 10.8 Å². The maximum absolute atomic E-state index is 5.74. The first kappa shape index (κ1) is 15.4. The lowest BCUT2D eigenvalue weighted by Crippen LogP contribution is -2.46. The van der Waals surface area contributed by atoms with E-state index in [0.717, 1.165) is 25.1 Å². The molecule has 118 valence electrons. The number of guanidine groups is 1. The van der Waals surface area contributed by atoms with E-state index in [-0.39, 0.29) is 0 Å². The fraction of sp³-hybridized carbons (Fsp3) is 0.667. The van der Waals surface area contributed by atoms with Crippen molar-refractivity contribution in [2.45, 2.75) is 13.0 Å². The summed E-state index contributed by atoms with van der Waals surface area (Å²) in [7, 11) is 5.92. The van der Waals surface area contributed by atoms with Crippen LogP contribution in [0.25, 0.3) is 0 Å². The summed E-state index contributed by atoms with van der Waals surface area (Å²) in [6.45, 7) is 2.85. The van der Waals surface area contributed by atoms with Gasteiger partial charge in [0, 0.05) is 25.7 Å². The maximum atomic E-state index is 5.74. The van der Waals surface area contributed by atoms with E-state index >= 15 is 0 Å². The van der Waals surface area contributed by atoms with Crippen LogP contribution in [0.4, 0.5) is 0 Å². The molecular formula is C12H24N8O. The van der Waals surface area contributed by atoms with E-state index < -0.39 is 0 Å². The van der Waals surface area contributed by atoms with Gasteiger partial charge in [0.05, 0.1) is 12.4 Å². The van der Waals surface area contributed by atoms with Crippen LogP contribution in [0, 0.1) is 0 Å². The van der Waals surface area contributed by atoms with Gasteiger partial charge in [-0.2, -0.15) is 0 Å². The normalized spacial score (nSPS) is 15.0. The van der Waals surface area contributed by atoms with E-state index in [1.807, 2.05) is 38.5 Å². The average Bonchev–Trinajstić information content (AvgIpc) is 2.95. The first-order chi connectivity index (χ1) is 10.0. The second-order valence-corrected chi connectivity index (χ2v) is 5.27. The molecular weight excluding hydrogens is 272 g/mol. The van der Waals surface area contributed by atoms with Crippen molar-refractivity contribution in [2.75, 3.05) is 41.0 Å². The van der Waals surface area contributed by atoms with Crippen molar-refractivity contribution >= 4 is 5.96 Å². The molecule has 0 aliphatic carbocycles. The van der Waals surface area contributed by atoms with Crippen molar-refractivity contribution in [3.63, 3.8) is 0 Å². The van der Waals surface area contributed by atoms with Gasteiger partial charge in [0.15, 0.2) is 0 Å². The summed E-state index contributed by atoms with van der Waals surface area (Å²) in [6, 6.07) is 0. The minimum atomic E-state index is 0.485. The Morgan fingerprint density at radius 2 is 2.29 bits per heavy atom. The summed E-state index contributed by atoms with van der Waals surface area (Å²) in [4.78, 5) is 9.14. The number of hydrogen-bond acceptors (Lipinski definition) is 8. The second kappa shape index (κ2) is 7.14. The van der Waals surface area contributed by atoms with Crippen molar-refractivity contribution in [3.8, 4) is 0 Å². The number of nitrogens with one attached hydrogen (secondary N) is 1. The van der Waals surface area contributed by atoms with Crippen LogP contribution in [-0.4, -0.2) is 71.8 Å². The lowest BCUT2D eigenvalue weighted by molar-refractivity contribution is 0.0776. The van der Waals surface area contributed by atoms with Crippen molar-refractivity contribution < 1.29 is 4.84 Å². The molecule has 0 spiro atoms. The highest BCUT2D eigenvalue weighted by Crippen LogP contribution is 2.00. The number of hydrazone groups is 1. The van der Waals surface area contributed by atoms with Gasteiger partial charge < -0.3 is 15.5 Å². The van der Waals surface area contributed by atoms with Crippen LogP contribution in [0.2, 0.25) is 0 Å². The Morgan fingerprint density at radius 1 is 1.48 bits per heavy atom. The lowest BCUT2D eigenvalue weighted by Gasteiger charge is -2.18. The van der Waals surface area contributed by atoms with Gasteiger partial charge in [-0.1, -0.05) is 0 Å². The lowest BCUT2D eigenvalue weighted by atomic mass is 10.3. The van der Waals surface area contributed by atoms with Gasteiger partial charge in [-0.25, -0.2) is 5.43 Å². The van der Waals surface area contributed by atoms with Gasteiger partial charge in [-0.05, 0) is 20.5 Å². The molecule has 0 saturated heterocycles. The smallest absolute Gasteiger partial charge is 0.230 e. The zero-order chi connectivity index (χ0) is 15.2. The van der Waals surface area contributed by atoms with Crippen LogP contribution < -0.4 is 16.0 Å². The minimum Gasteiger partial charge on any atom is -0.397 e. The van der Waals surface area contributed by atoms with Crippen LogP contribution in [0.15, 0.2) is 17.5 Å². The molecule has 0 saturated carbocycles. The van der Waals surface area contributed by atoms with Gasteiger partial charge >= 0.3 is 0 Å². The van der Waals surface area contributed by atoms with Crippen LogP contribution in [0.1, 0.15) is 12.0 Å². The molecule has 0 amide bonds. The number of rotatable bonds is 8. The molecule has 0 radical (unpaired) electrons. The Bertz CT molecular complexity index is 472. The SMILES string of the molecule is CN(C)Cc1cnn(OCCCNN2CN(C)N=C2N)c1. The van der Waals surface area contributed by atoms with Crippen molar-refractivity contribution in [3.05, 3.63) is 18.0 Å². The van der Waals surface area contributed by atoms with Crippen LogP contribution >= 0.6 is 0 Å². The van der Waals surface area contributed by atoms with Gasteiger partial charge in [0.25, 0.3) is 0 Å². The molecule has 9 heteroatoms. The molecule has 3 N–H and O–H groups in total. The molecule has 0 aromatic carbocycles. The van der Waals surface area contributed by atoms with Gasteiger partial charge in [0.1, 0.15) is 13.3 Å². The molecule has 2 rings (SSSR count). The number of hydrogen-bond donors (Lipinski definition) is 2. The summed E-state index contributed by atoms with van der Waals surface area (Å²) in [5, 5.41) is 11.8. The van der Waals surface area contributed by atoms with E-state index in [1.54, 1.807) is 5.01 Å². The molecule has 21 heavy (non-hydrogen) atoms. The molecule has 0 fully saturated rings. The zero-order valence-corrected chi connectivity index (χ0v) is 12.9. The standard InChI is InChI=1S/C12H24N8O/c1-17(2)8-11-7-15-20(9-11)21-6-4-5-14-19-10-18(3)16-12(19)13/h7,9,14H,4-6,8,10H2,1-3H3,(H2,13,16). The summed E-state index contributed by atoms with van der Waals surface area (Å²) in [5.74, 6) is 0.485. The Labute approximate surface area is 124 Å². The Hall–Kier alpha value is -2.00. The van der Waals surface area contributed by atoms with E-state index in [9.17, 15) is 0 Å². The van der Waals surface area contributed by atoms with Gasteiger partial charge in [-0.3, -0.25) is 10.0 Å². The highest BCUT2D eigenvalue weighted by Gasteiger charge is 2.16. The number of aromatic nitrogens is 2. The predicted molar refractivity (Wildman–Crippen MR) is 79.8 cm³/mol. The largest absolute Gasteiger partial charge is 0.397 e. The second-order valence-electron chi connectivity index (χ2n) is 5.27. The topological polar surface area (TPSA) is 87.2 Å². The number of hydrazine groups is 1. The fourth-order valence-electron chi connectivity index (χ4n) is 1.97. The fourth-order valence-corrected chi connectivity index (χ4v) is 1.97. The minimum absolute atomic E-state index is 0.485.